The van der Waals surface area contributed by atoms with Crippen molar-refractivity contribution in [1.29, 1.82) is 0 Å². The first-order valence-electron chi connectivity index (χ1n) is 5.41. The van der Waals surface area contributed by atoms with E-state index < -0.39 is 5.97 Å². The summed E-state index contributed by atoms with van der Waals surface area (Å²) in [7, 11) is 0. The van der Waals surface area contributed by atoms with E-state index in [0.717, 1.165) is 0 Å². The Bertz CT molecular complexity index is 546. The van der Waals surface area contributed by atoms with Crippen LogP contribution >= 0.6 is 0 Å². The van der Waals surface area contributed by atoms with Crippen molar-refractivity contribution in [3.63, 3.8) is 0 Å². The average Bonchev–Trinajstić information content (AvgIpc) is 2.69. The zero-order valence-electron chi connectivity index (χ0n) is 9.75. The highest BCUT2D eigenvalue weighted by Gasteiger charge is 2.11. The number of aromatic carboxylic acids is 1. The molecule has 0 fully saturated rings. The molecule has 2 aromatic rings. The number of carbonyl (C=O) groups is 1. The number of hydrogen-bond acceptors (Lipinski definition) is 3. The topological polar surface area (TPSA) is 63.8 Å². The predicted molar refractivity (Wildman–Crippen MR) is 62.5 cm³/mol. The summed E-state index contributed by atoms with van der Waals surface area (Å²) in [5.41, 5.74) is 0.759. The molecule has 0 radical (unpaired) electrons. The highest BCUT2D eigenvalue weighted by molar-refractivity contribution is 5.95. The number of ether oxygens (including phenoxy) is 1. The number of rotatable bonds is 4. The minimum atomic E-state index is -0.976. The molecule has 2 heterocycles. The van der Waals surface area contributed by atoms with Gasteiger partial charge in [0.05, 0.1) is 24.5 Å². The van der Waals surface area contributed by atoms with E-state index in [1.165, 1.54) is 10.7 Å². The Kier molecular flexibility index (Phi) is 2.99. The van der Waals surface area contributed by atoms with Crippen LogP contribution in [0.4, 0.5) is 0 Å². The summed E-state index contributed by atoms with van der Waals surface area (Å²) in [4.78, 5) is 10.9. The normalized spacial score (nSPS) is 11.0. The number of fused-ring (bicyclic) bond motifs is 1. The molecule has 0 aliphatic rings. The van der Waals surface area contributed by atoms with Crippen LogP contribution < -0.4 is 4.74 Å². The lowest BCUT2D eigenvalue weighted by Crippen LogP contribution is -2.05. The van der Waals surface area contributed by atoms with E-state index in [0.29, 0.717) is 23.8 Å². The molecule has 90 valence electrons. The van der Waals surface area contributed by atoms with Crippen LogP contribution in [0.3, 0.4) is 0 Å². The molecule has 0 bridgehead atoms. The summed E-state index contributed by atoms with van der Waals surface area (Å²) in [5, 5.41) is 12.9. The monoisotopic (exact) mass is 234 g/mol. The first-order chi connectivity index (χ1) is 8.08. The summed E-state index contributed by atoms with van der Waals surface area (Å²) >= 11 is 0. The molecular weight excluding hydrogens is 220 g/mol. The van der Waals surface area contributed by atoms with Gasteiger partial charge in [-0.2, -0.15) is 5.10 Å². The van der Waals surface area contributed by atoms with Crippen molar-refractivity contribution < 1.29 is 14.6 Å². The fourth-order valence-corrected chi connectivity index (χ4v) is 1.48. The van der Waals surface area contributed by atoms with Crippen LogP contribution in [-0.2, 0) is 0 Å². The number of aromatic nitrogens is 2. The molecule has 0 saturated carbocycles. The maximum absolute atomic E-state index is 10.9. The van der Waals surface area contributed by atoms with E-state index in [4.69, 9.17) is 9.84 Å². The summed E-state index contributed by atoms with van der Waals surface area (Å²) in [6.45, 7) is 4.75. The van der Waals surface area contributed by atoms with Crippen LogP contribution in [0.1, 0.15) is 24.2 Å². The molecule has 0 unspecified atom stereocenters. The van der Waals surface area contributed by atoms with Gasteiger partial charge in [-0.15, -0.1) is 0 Å². The minimum absolute atomic E-state index is 0.195. The molecular formula is C12H14N2O3. The van der Waals surface area contributed by atoms with Crippen LogP contribution in [0.2, 0.25) is 0 Å². The predicted octanol–water partition coefficient (Wildman–Crippen LogP) is 2.07. The lowest BCUT2D eigenvalue weighted by Gasteiger charge is -2.08. The van der Waals surface area contributed by atoms with Gasteiger partial charge in [-0.05, 0) is 18.1 Å². The number of nitrogens with zero attached hydrogens (tertiary/aromatic N) is 2. The molecule has 0 atom stereocenters. The first kappa shape index (κ1) is 11.4. The molecule has 17 heavy (non-hydrogen) atoms. The number of hydrogen-bond donors (Lipinski definition) is 1. The Labute approximate surface area is 98.6 Å². The Morgan fingerprint density at radius 1 is 1.53 bits per heavy atom. The molecule has 0 aliphatic carbocycles. The summed E-state index contributed by atoms with van der Waals surface area (Å²) in [6.07, 6.45) is 3.02. The summed E-state index contributed by atoms with van der Waals surface area (Å²) in [5.74, 6) is 0.153. The zero-order valence-corrected chi connectivity index (χ0v) is 9.75. The van der Waals surface area contributed by atoms with Crippen molar-refractivity contribution in [3.8, 4) is 5.75 Å². The van der Waals surface area contributed by atoms with Crippen LogP contribution in [0, 0.1) is 5.92 Å². The van der Waals surface area contributed by atoms with E-state index in [1.54, 1.807) is 18.3 Å². The SMILES string of the molecule is CC(C)COc1ccc2c(C(=O)O)cnn2c1. The molecule has 2 rings (SSSR count). The van der Waals surface area contributed by atoms with Crippen molar-refractivity contribution in [3.05, 3.63) is 30.1 Å². The smallest absolute Gasteiger partial charge is 0.339 e. The van der Waals surface area contributed by atoms with Crippen molar-refractivity contribution in [2.45, 2.75) is 13.8 Å². The van der Waals surface area contributed by atoms with Gasteiger partial charge in [0.25, 0.3) is 0 Å². The van der Waals surface area contributed by atoms with Gasteiger partial charge in [-0.1, -0.05) is 13.8 Å². The Balaban J connectivity index is 2.29. The number of carboxylic acids is 1. The van der Waals surface area contributed by atoms with Crippen LogP contribution in [-0.4, -0.2) is 27.3 Å². The standard InChI is InChI=1S/C12H14N2O3/c1-8(2)7-17-9-3-4-11-10(12(15)16)5-13-14(11)6-9/h3-6,8H,7H2,1-2H3,(H,15,16). The van der Waals surface area contributed by atoms with Gasteiger partial charge in [0.2, 0.25) is 0 Å². The number of pyridine rings is 1. The van der Waals surface area contributed by atoms with E-state index in [9.17, 15) is 4.79 Å². The largest absolute Gasteiger partial charge is 0.492 e. The number of carboxylic acid groups (broad SMARTS) is 1. The van der Waals surface area contributed by atoms with E-state index >= 15 is 0 Å². The van der Waals surface area contributed by atoms with E-state index in [1.807, 2.05) is 0 Å². The van der Waals surface area contributed by atoms with Gasteiger partial charge >= 0.3 is 5.97 Å². The Hall–Kier alpha value is -2.04. The second kappa shape index (κ2) is 4.45. The van der Waals surface area contributed by atoms with Crippen molar-refractivity contribution in [2.24, 2.45) is 5.92 Å². The van der Waals surface area contributed by atoms with Gasteiger partial charge in [-0.25, -0.2) is 9.31 Å². The highest BCUT2D eigenvalue weighted by Crippen LogP contribution is 2.17. The molecule has 5 nitrogen and oxygen atoms in total. The molecule has 2 aromatic heterocycles. The maximum Gasteiger partial charge on any atom is 0.339 e. The average molecular weight is 234 g/mol. The Morgan fingerprint density at radius 3 is 2.94 bits per heavy atom. The molecule has 1 N–H and O–H groups in total. The van der Waals surface area contributed by atoms with Crippen LogP contribution in [0.15, 0.2) is 24.5 Å². The molecule has 0 aliphatic heterocycles. The van der Waals surface area contributed by atoms with Gasteiger partial charge in [-0.3, -0.25) is 0 Å². The zero-order chi connectivity index (χ0) is 12.4. The molecule has 0 saturated heterocycles. The first-order valence-corrected chi connectivity index (χ1v) is 5.41. The third-order valence-corrected chi connectivity index (χ3v) is 2.30. The highest BCUT2D eigenvalue weighted by atomic mass is 16.5. The van der Waals surface area contributed by atoms with Crippen molar-refractivity contribution in [2.75, 3.05) is 6.61 Å². The van der Waals surface area contributed by atoms with Crippen molar-refractivity contribution in [1.82, 2.24) is 9.61 Å². The fourth-order valence-electron chi connectivity index (χ4n) is 1.48. The quantitative estimate of drug-likeness (QED) is 0.879. The van der Waals surface area contributed by atoms with Crippen LogP contribution in [0.5, 0.6) is 5.75 Å². The summed E-state index contributed by atoms with van der Waals surface area (Å²) in [6, 6.07) is 3.46. The Morgan fingerprint density at radius 2 is 2.29 bits per heavy atom. The second-order valence-electron chi connectivity index (χ2n) is 4.26. The molecule has 0 aromatic carbocycles. The lowest BCUT2D eigenvalue weighted by molar-refractivity contribution is 0.0699. The molecule has 5 heteroatoms. The van der Waals surface area contributed by atoms with Crippen molar-refractivity contribution >= 4 is 11.5 Å². The third kappa shape index (κ3) is 2.38. The van der Waals surface area contributed by atoms with E-state index in [2.05, 4.69) is 18.9 Å². The summed E-state index contributed by atoms with van der Waals surface area (Å²) < 4.78 is 7.05. The molecule has 0 spiro atoms. The second-order valence-corrected chi connectivity index (χ2v) is 4.26. The van der Waals surface area contributed by atoms with Gasteiger partial charge < -0.3 is 9.84 Å². The third-order valence-electron chi connectivity index (χ3n) is 2.30. The van der Waals surface area contributed by atoms with Gasteiger partial charge in [0.1, 0.15) is 11.3 Å². The lowest BCUT2D eigenvalue weighted by atomic mass is 10.2. The fraction of sp³-hybridized carbons (Fsp3) is 0.333. The maximum atomic E-state index is 10.9. The van der Waals surface area contributed by atoms with E-state index in [-0.39, 0.29) is 5.56 Å². The van der Waals surface area contributed by atoms with Crippen LogP contribution in [0.25, 0.3) is 5.52 Å². The minimum Gasteiger partial charge on any atom is -0.492 e. The van der Waals surface area contributed by atoms with Gasteiger partial charge in [0.15, 0.2) is 0 Å². The molecule has 0 amide bonds. The van der Waals surface area contributed by atoms with Gasteiger partial charge in [0, 0.05) is 0 Å².